The summed E-state index contributed by atoms with van der Waals surface area (Å²) in [5, 5.41) is 8.84. The van der Waals surface area contributed by atoms with Gasteiger partial charge in [-0.2, -0.15) is 0 Å². The van der Waals surface area contributed by atoms with Crippen molar-refractivity contribution in [2.45, 2.75) is 27.2 Å². The summed E-state index contributed by atoms with van der Waals surface area (Å²) in [7, 11) is 1.66. The molecule has 104 valence electrons. The first-order chi connectivity index (χ1) is 8.63. The van der Waals surface area contributed by atoms with E-state index in [-0.39, 0.29) is 0 Å². The van der Waals surface area contributed by atoms with Crippen molar-refractivity contribution in [1.82, 2.24) is 5.32 Å². The second-order valence-corrected chi connectivity index (χ2v) is 3.02. The zero-order valence-corrected chi connectivity index (χ0v) is 11.7. The summed E-state index contributed by atoms with van der Waals surface area (Å²) in [6, 6.07) is 2.01. The predicted molar refractivity (Wildman–Crippen MR) is 77.0 cm³/mol. The summed E-state index contributed by atoms with van der Waals surface area (Å²) < 4.78 is 5.16. The van der Waals surface area contributed by atoms with Crippen molar-refractivity contribution in [3.05, 3.63) is 23.7 Å². The summed E-state index contributed by atoms with van der Waals surface area (Å²) in [6.07, 6.45) is 3.41. The summed E-state index contributed by atoms with van der Waals surface area (Å²) in [6.45, 7) is 6.71. The monoisotopic (exact) mass is 255 g/mol. The van der Waals surface area contributed by atoms with Crippen LogP contribution in [0.25, 0.3) is 0 Å². The molecule has 0 saturated carbocycles. The van der Waals surface area contributed by atoms with Gasteiger partial charge in [-0.1, -0.05) is 13.8 Å². The fourth-order valence-electron chi connectivity index (χ4n) is 1.04. The van der Waals surface area contributed by atoms with E-state index in [1.54, 1.807) is 13.3 Å². The van der Waals surface area contributed by atoms with Crippen LogP contribution < -0.4 is 16.8 Å². The zero-order valence-electron chi connectivity index (χ0n) is 11.7. The van der Waals surface area contributed by atoms with Crippen LogP contribution in [-0.2, 0) is 6.42 Å². The second kappa shape index (κ2) is 13.1. The lowest BCUT2D eigenvalue weighted by atomic mass is 10.2. The maximum atomic E-state index is 5.86. The van der Waals surface area contributed by atoms with Crippen LogP contribution in [-0.4, -0.2) is 25.9 Å². The van der Waals surface area contributed by atoms with Crippen molar-refractivity contribution < 1.29 is 4.42 Å². The highest BCUT2D eigenvalue weighted by molar-refractivity contribution is 5.77. The molecule has 18 heavy (non-hydrogen) atoms. The molecule has 0 aliphatic carbocycles. The number of hydrogen-bond acceptors (Lipinski definition) is 3. The van der Waals surface area contributed by atoms with Gasteiger partial charge in [0, 0.05) is 13.6 Å². The summed E-state index contributed by atoms with van der Waals surface area (Å²) >= 11 is 0. The van der Waals surface area contributed by atoms with Gasteiger partial charge < -0.3 is 21.2 Å². The molecular weight excluding hydrogens is 230 g/mol. The van der Waals surface area contributed by atoms with E-state index in [1.165, 1.54) is 5.56 Å². The van der Waals surface area contributed by atoms with E-state index in [2.05, 4.69) is 16.0 Å². The van der Waals surface area contributed by atoms with Gasteiger partial charge in [-0.3, -0.25) is 10.4 Å². The van der Waals surface area contributed by atoms with Gasteiger partial charge in [-0.25, -0.2) is 0 Å². The number of nitrogens with two attached hydrogens (primary N) is 2. The standard InChI is InChI=1S/C9H15N3O.C2H6.CH4N2/c1-7-5-8(6-13-7)3-4-12-9(10)11-2;1-2;2-1-3/h5-6H,3-4H2,1-2H3,(H3,10,11,12);1-2H3;1H,(H3,2,3). The van der Waals surface area contributed by atoms with E-state index < -0.39 is 0 Å². The Hall–Kier alpha value is -1.98. The molecule has 1 aromatic rings. The number of nitrogens with one attached hydrogen (secondary N) is 2. The highest BCUT2D eigenvalue weighted by atomic mass is 16.3. The van der Waals surface area contributed by atoms with Crippen LogP contribution in [0, 0.1) is 12.3 Å². The van der Waals surface area contributed by atoms with Gasteiger partial charge in [0.05, 0.1) is 12.6 Å². The largest absolute Gasteiger partial charge is 0.469 e. The van der Waals surface area contributed by atoms with Crippen molar-refractivity contribution in [3.63, 3.8) is 0 Å². The van der Waals surface area contributed by atoms with E-state index in [4.69, 9.17) is 15.6 Å². The van der Waals surface area contributed by atoms with Crippen LogP contribution in [0.1, 0.15) is 25.2 Å². The molecule has 0 spiro atoms. The number of aryl methyl sites for hydroxylation is 1. The van der Waals surface area contributed by atoms with Crippen LogP contribution in [0.2, 0.25) is 0 Å². The van der Waals surface area contributed by atoms with Crippen LogP contribution in [0.15, 0.2) is 21.7 Å². The lowest BCUT2D eigenvalue weighted by molar-refractivity contribution is 0.531. The molecule has 0 radical (unpaired) electrons. The van der Waals surface area contributed by atoms with Crippen LogP contribution in [0.3, 0.4) is 0 Å². The molecule has 0 fully saturated rings. The van der Waals surface area contributed by atoms with Crippen molar-refractivity contribution >= 4 is 12.3 Å². The third kappa shape index (κ3) is 10.5. The second-order valence-electron chi connectivity index (χ2n) is 3.02. The van der Waals surface area contributed by atoms with Gasteiger partial charge in [0.2, 0.25) is 0 Å². The molecule has 1 aromatic heterocycles. The zero-order chi connectivity index (χ0) is 14.4. The Kier molecular flexibility index (Phi) is 13.4. The van der Waals surface area contributed by atoms with Crippen molar-refractivity contribution in [3.8, 4) is 0 Å². The van der Waals surface area contributed by atoms with Gasteiger partial charge in [-0.15, -0.1) is 0 Å². The number of nitrogens with zero attached hydrogens (tertiary/aromatic N) is 1. The molecule has 0 unspecified atom stereocenters. The maximum absolute atomic E-state index is 5.86. The minimum Gasteiger partial charge on any atom is -0.469 e. The fourth-order valence-corrected chi connectivity index (χ4v) is 1.04. The molecular formula is C12H25N5O. The SMILES string of the molecule is CC.CN=C(N)NCCc1coc(C)c1.N=CN. The van der Waals surface area contributed by atoms with Crippen LogP contribution in [0.5, 0.6) is 0 Å². The molecule has 0 bridgehead atoms. The lowest BCUT2D eigenvalue weighted by Crippen LogP contribution is -2.32. The van der Waals surface area contributed by atoms with Gasteiger partial charge in [0.15, 0.2) is 5.96 Å². The molecule has 1 rings (SSSR count). The molecule has 6 N–H and O–H groups in total. The average Bonchev–Trinajstić information content (AvgIpc) is 2.78. The molecule has 0 atom stereocenters. The van der Waals surface area contributed by atoms with Gasteiger partial charge in [-0.05, 0) is 25.0 Å². The van der Waals surface area contributed by atoms with Crippen LogP contribution in [0.4, 0.5) is 0 Å². The summed E-state index contributed by atoms with van der Waals surface area (Å²) in [4.78, 5) is 3.78. The van der Waals surface area contributed by atoms with E-state index in [9.17, 15) is 0 Å². The van der Waals surface area contributed by atoms with E-state index in [1.807, 2.05) is 26.8 Å². The molecule has 0 aromatic carbocycles. The summed E-state index contributed by atoms with van der Waals surface area (Å²) in [5.74, 6) is 1.41. The Balaban J connectivity index is 0. The van der Waals surface area contributed by atoms with E-state index in [0.717, 1.165) is 25.1 Å². The Morgan fingerprint density at radius 3 is 2.50 bits per heavy atom. The normalized spacial score (nSPS) is 9.44. The number of rotatable bonds is 3. The molecule has 0 saturated heterocycles. The third-order valence-electron chi connectivity index (χ3n) is 1.75. The molecule has 6 nitrogen and oxygen atoms in total. The predicted octanol–water partition coefficient (Wildman–Crippen LogP) is 1.24. The van der Waals surface area contributed by atoms with Gasteiger partial charge in [0.1, 0.15) is 5.76 Å². The van der Waals surface area contributed by atoms with Crippen LogP contribution >= 0.6 is 0 Å². The quantitative estimate of drug-likeness (QED) is 0.480. The third-order valence-corrected chi connectivity index (χ3v) is 1.75. The van der Waals surface area contributed by atoms with E-state index >= 15 is 0 Å². The average molecular weight is 255 g/mol. The minimum atomic E-state index is 0.472. The first kappa shape index (κ1) is 18.4. The van der Waals surface area contributed by atoms with Crippen molar-refractivity contribution in [2.75, 3.05) is 13.6 Å². The molecule has 6 heteroatoms. The number of furan rings is 1. The Bertz CT molecular complexity index is 333. The molecule has 0 amide bonds. The summed E-state index contributed by atoms with van der Waals surface area (Å²) in [5.41, 5.74) is 11.0. The van der Waals surface area contributed by atoms with E-state index in [0.29, 0.717) is 5.96 Å². The fraction of sp³-hybridized carbons (Fsp3) is 0.500. The number of guanidine groups is 1. The smallest absolute Gasteiger partial charge is 0.188 e. The maximum Gasteiger partial charge on any atom is 0.188 e. The topological polar surface area (TPSA) is 113 Å². The highest BCUT2D eigenvalue weighted by Gasteiger charge is 1.97. The molecule has 1 heterocycles. The molecule has 0 aliphatic heterocycles. The Morgan fingerprint density at radius 1 is 1.56 bits per heavy atom. The first-order valence-corrected chi connectivity index (χ1v) is 5.84. The first-order valence-electron chi connectivity index (χ1n) is 5.84. The van der Waals surface area contributed by atoms with Crippen molar-refractivity contribution in [2.24, 2.45) is 16.5 Å². The van der Waals surface area contributed by atoms with Gasteiger partial charge in [0.25, 0.3) is 0 Å². The lowest BCUT2D eigenvalue weighted by Gasteiger charge is -2.01. The molecule has 0 aliphatic rings. The Morgan fingerprint density at radius 2 is 2.11 bits per heavy atom. The number of aliphatic imine (C=N–C) groups is 1. The Labute approximate surface area is 109 Å². The number of hydrogen-bond donors (Lipinski definition) is 4. The highest BCUT2D eigenvalue weighted by Crippen LogP contribution is 2.05. The van der Waals surface area contributed by atoms with Gasteiger partial charge >= 0.3 is 0 Å². The minimum absolute atomic E-state index is 0.472. The van der Waals surface area contributed by atoms with Crippen molar-refractivity contribution in [1.29, 1.82) is 5.41 Å².